The van der Waals surface area contributed by atoms with E-state index in [1.54, 1.807) is 7.11 Å². The van der Waals surface area contributed by atoms with Crippen molar-refractivity contribution < 1.29 is 24.5 Å². The zero-order valence-electron chi connectivity index (χ0n) is 16.0. The van der Waals surface area contributed by atoms with Crippen LogP contribution in [0.1, 0.15) is 64.7 Å². The predicted molar refractivity (Wildman–Crippen MR) is 93.9 cm³/mol. The molecule has 5 nitrogen and oxygen atoms in total. The zero-order valence-corrected chi connectivity index (χ0v) is 16.0. The molecular weight excluding hydrogens is 332 g/mol. The molecule has 146 valence electrons. The maximum absolute atomic E-state index is 12.9. The van der Waals surface area contributed by atoms with Gasteiger partial charge >= 0.3 is 5.97 Å². The average molecular weight is 364 g/mol. The lowest BCUT2D eigenvalue weighted by Crippen LogP contribution is -2.51. The van der Waals surface area contributed by atoms with Crippen molar-refractivity contribution in [2.75, 3.05) is 13.7 Å². The van der Waals surface area contributed by atoms with Crippen LogP contribution in [0, 0.1) is 34.0 Å². The smallest absolute Gasteiger partial charge is 0.314 e. The van der Waals surface area contributed by atoms with E-state index in [1.165, 1.54) is 0 Å². The Labute approximate surface area is 155 Å². The molecule has 0 aromatic heterocycles. The number of carbonyl (C=O) groups excluding carboxylic acids is 1. The van der Waals surface area contributed by atoms with Gasteiger partial charge in [-0.3, -0.25) is 4.79 Å². The Morgan fingerprint density at radius 3 is 2.65 bits per heavy atom. The van der Waals surface area contributed by atoms with Crippen LogP contribution in [0.25, 0.3) is 0 Å². The lowest BCUT2D eigenvalue weighted by molar-refractivity contribution is -0.165. The van der Waals surface area contributed by atoms with Gasteiger partial charge in [-0.15, -0.1) is 0 Å². The molecule has 0 aromatic rings. The molecule has 1 aliphatic heterocycles. The summed E-state index contributed by atoms with van der Waals surface area (Å²) in [6.07, 6.45) is 8.32. The number of aliphatic hydroxyl groups excluding tert-OH is 1. The van der Waals surface area contributed by atoms with Crippen molar-refractivity contribution in [2.45, 2.75) is 76.6 Å². The number of cyclic esters (lactones) is 1. The minimum atomic E-state index is -0.887. The number of esters is 1. The first-order valence-corrected chi connectivity index (χ1v) is 10.4. The second kappa shape index (κ2) is 5.24. The highest BCUT2D eigenvalue weighted by Gasteiger charge is 2.72. The fraction of sp³-hybridized carbons (Fsp3) is 0.952. The first-order chi connectivity index (χ1) is 12.3. The third kappa shape index (κ3) is 1.90. The van der Waals surface area contributed by atoms with E-state index >= 15 is 0 Å². The third-order valence-corrected chi connectivity index (χ3v) is 9.63. The number of hydrogen-bond donors (Lipinski definition) is 2. The number of carbonyl (C=O) groups is 1. The number of hydrogen-bond acceptors (Lipinski definition) is 5. The summed E-state index contributed by atoms with van der Waals surface area (Å²) in [5.41, 5.74) is -0.965. The quantitative estimate of drug-likeness (QED) is 0.737. The standard InChI is InChI=1S/C21H32O5/c1-18-7-8-20(10-16(25-2)26-17(20)23)15(18)5-6-19-9-13(3-4-14(18)19)21(24,11-19)12-22/h13-16,22,24H,3-12H2,1-2H3/t13-,14-,15+,16+,18+,19+,20-,21+/m1/s1. The van der Waals surface area contributed by atoms with Gasteiger partial charge in [-0.05, 0) is 80.0 Å². The van der Waals surface area contributed by atoms with Crippen LogP contribution in [-0.4, -0.2) is 41.8 Å². The molecule has 4 aliphatic carbocycles. The van der Waals surface area contributed by atoms with Gasteiger partial charge in [-0.2, -0.15) is 0 Å². The van der Waals surface area contributed by atoms with Crippen molar-refractivity contribution in [3.8, 4) is 0 Å². The number of methoxy groups -OCH3 is 1. The Hall–Kier alpha value is -0.650. The minimum absolute atomic E-state index is 0.0407. The van der Waals surface area contributed by atoms with Crippen LogP contribution in [0.3, 0.4) is 0 Å². The maximum atomic E-state index is 12.9. The van der Waals surface area contributed by atoms with Gasteiger partial charge in [0.25, 0.3) is 0 Å². The molecule has 0 unspecified atom stereocenters. The maximum Gasteiger partial charge on any atom is 0.314 e. The topological polar surface area (TPSA) is 76.0 Å². The van der Waals surface area contributed by atoms with Gasteiger partial charge in [-0.25, -0.2) is 0 Å². The molecule has 2 bridgehead atoms. The lowest BCUT2D eigenvalue weighted by atomic mass is 9.46. The van der Waals surface area contributed by atoms with E-state index in [0.29, 0.717) is 18.3 Å². The second-order valence-electron chi connectivity index (χ2n) is 10.4. The van der Waals surface area contributed by atoms with E-state index in [9.17, 15) is 15.0 Å². The van der Waals surface area contributed by atoms with E-state index < -0.39 is 5.60 Å². The molecule has 0 amide bonds. The molecular formula is C21H32O5. The third-order valence-electron chi connectivity index (χ3n) is 9.63. The molecule has 1 heterocycles. The summed E-state index contributed by atoms with van der Waals surface area (Å²) < 4.78 is 10.9. The molecule has 1 saturated heterocycles. The molecule has 2 N–H and O–H groups in total. The van der Waals surface area contributed by atoms with Gasteiger partial charge in [0, 0.05) is 13.5 Å². The molecule has 8 atom stereocenters. The number of fused-ring (bicyclic) bond motifs is 4. The monoisotopic (exact) mass is 364 g/mol. The Bertz CT molecular complexity index is 636. The summed E-state index contributed by atoms with van der Waals surface area (Å²) in [7, 11) is 1.62. The van der Waals surface area contributed by atoms with E-state index in [0.717, 1.165) is 51.4 Å². The van der Waals surface area contributed by atoms with Crippen molar-refractivity contribution in [1.29, 1.82) is 0 Å². The van der Waals surface area contributed by atoms with Gasteiger partial charge in [0.1, 0.15) is 0 Å². The Balaban J connectivity index is 1.50. The molecule has 4 saturated carbocycles. The van der Waals surface area contributed by atoms with Crippen molar-refractivity contribution in [1.82, 2.24) is 0 Å². The van der Waals surface area contributed by atoms with Gasteiger partial charge in [0.2, 0.25) is 6.29 Å². The summed E-state index contributed by atoms with van der Waals surface area (Å²) in [5.74, 6) is 1.10. The van der Waals surface area contributed by atoms with E-state index in [4.69, 9.17) is 9.47 Å². The first-order valence-electron chi connectivity index (χ1n) is 10.4. The van der Waals surface area contributed by atoms with Crippen molar-refractivity contribution in [3.63, 3.8) is 0 Å². The molecule has 5 heteroatoms. The van der Waals surface area contributed by atoms with Crippen molar-refractivity contribution >= 4 is 5.97 Å². The van der Waals surface area contributed by atoms with E-state index in [-0.39, 0.29) is 41.0 Å². The first kappa shape index (κ1) is 17.4. The van der Waals surface area contributed by atoms with E-state index in [2.05, 4.69) is 6.92 Å². The summed E-state index contributed by atoms with van der Waals surface area (Å²) in [5, 5.41) is 20.8. The highest BCUT2D eigenvalue weighted by molar-refractivity contribution is 5.80. The highest BCUT2D eigenvalue weighted by Crippen LogP contribution is 2.75. The second-order valence-corrected chi connectivity index (χ2v) is 10.4. The summed E-state index contributed by atoms with van der Waals surface area (Å²) in [6, 6.07) is 0. The van der Waals surface area contributed by atoms with Gasteiger partial charge in [0.05, 0.1) is 17.6 Å². The van der Waals surface area contributed by atoms with Crippen LogP contribution >= 0.6 is 0 Å². The van der Waals surface area contributed by atoms with Crippen LogP contribution in [-0.2, 0) is 14.3 Å². The van der Waals surface area contributed by atoms with Crippen LogP contribution in [0.2, 0.25) is 0 Å². The van der Waals surface area contributed by atoms with Crippen LogP contribution < -0.4 is 0 Å². The lowest BCUT2D eigenvalue weighted by Gasteiger charge is -2.57. The van der Waals surface area contributed by atoms with Gasteiger partial charge in [-0.1, -0.05) is 6.92 Å². The summed E-state index contributed by atoms with van der Waals surface area (Å²) in [4.78, 5) is 12.9. The SMILES string of the molecule is CO[C@@H]1C[C@@]2(CC[C@]3(C)[C@@H]2CC[C@@]24C[C@@H](CC[C@@H]23)[C@@](O)(CO)C4)C(=O)O1. The van der Waals surface area contributed by atoms with Crippen LogP contribution in [0.5, 0.6) is 0 Å². The van der Waals surface area contributed by atoms with Crippen LogP contribution in [0.15, 0.2) is 0 Å². The number of aliphatic hydroxyl groups is 2. The Kier molecular flexibility index (Phi) is 3.51. The van der Waals surface area contributed by atoms with Gasteiger partial charge in [0.15, 0.2) is 0 Å². The minimum Gasteiger partial charge on any atom is -0.435 e. The van der Waals surface area contributed by atoms with Crippen molar-refractivity contribution in [3.05, 3.63) is 0 Å². The molecule has 5 aliphatic rings. The molecule has 5 rings (SSSR count). The summed E-state index contributed by atoms with van der Waals surface area (Å²) >= 11 is 0. The van der Waals surface area contributed by atoms with Crippen LogP contribution in [0.4, 0.5) is 0 Å². The number of ether oxygens (including phenoxy) is 2. The highest BCUT2D eigenvalue weighted by atomic mass is 16.7. The predicted octanol–water partition coefficient (Wildman–Crippen LogP) is 2.63. The Morgan fingerprint density at radius 2 is 1.96 bits per heavy atom. The van der Waals surface area contributed by atoms with E-state index in [1.807, 2.05) is 0 Å². The molecule has 2 spiro atoms. The molecule has 0 aromatic carbocycles. The number of rotatable bonds is 2. The molecule has 5 fully saturated rings. The fourth-order valence-electron chi connectivity index (χ4n) is 8.60. The largest absolute Gasteiger partial charge is 0.435 e. The zero-order chi connectivity index (χ0) is 18.4. The molecule has 0 radical (unpaired) electrons. The fourth-order valence-corrected chi connectivity index (χ4v) is 8.60. The van der Waals surface area contributed by atoms with Gasteiger partial charge < -0.3 is 19.7 Å². The van der Waals surface area contributed by atoms with Crippen molar-refractivity contribution in [2.24, 2.45) is 34.0 Å². The normalized spacial score (nSPS) is 57.9. The molecule has 26 heavy (non-hydrogen) atoms. The summed E-state index contributed by atoms with van der Waals surface area (Å²) in [6.45, 7) is 2.29. The average Bonchev–Trinajstić information content (AvgIpc) is 3.18. The Morgan fingerprint density at radius 1 is 1.15 bits per heavy atom.